The average molecular weight is 302 g/mol. The predicted octanol–water partition coefficient (Wildman–Crippen LogP) is 2.24. The van der Waals surface area contributed by atoms with Crippen molar-refractivity contribution in [3.05, 3.63) is 28.2 Å². The Bertz CT molecular complexity index is 382. The molecule has 0 spiro atoms. The van der Waals surface area contributed by atoms with E-state index in [9.17, 15) is 4.79 Å². The second-order valence-corrected chi connectivity index (χ2v) is 4.35. The number of carbonyl (C=O) groups is 1. The predicted molar refractivity (Wildman–Crippen MR) is 68.8 cm³/mol. The number of hydrogen-bond acceptors (Lipinski definition) is 4. The highest BCUT2D eigenvalue weighted by molar-refractivity contribution is 9.10. The number of carbonyl (C=O) groups excluding carboxylic acids is 1. The number of hydrogen-bond donors (Lipinski definition) is 1. The van der Waals surface area contributed by atoms with Crippen molar-refractivity contribution in [2.24, 2.45) is 5.73 Å². The molecular weight excluding hydrogens is 286 g/mol. The molecule has 0 aromatic heterocycles. The van der Waals surface area contributed by atoms with E-state index in [0.717, 1.165) is 15.8 Å². The topological polar surface area (TPSA) is 61.5 Å². The van der Waals surface area contributed by atoms with Crippen LogP contribution in [0, 0.1) is 0 Å². The first kappa shape index (κ1) is 14.0. The summed E-state index contributed by atoms with van der Waals surface area (Å²) in [7, 11) is 1.38. The highest BCUT2D eigenvalue weighted by atomic mass is 79.9. The Morgan fingerprint density at radius 2 is 2.24 bits per heavy atom. The van der Waals surface area contributed by atoms with Crippen LogP contribution in [0.2, 0.25) is 0 Å². The first-order valence-corrected chi connectivity index (χ1v) is 6.14. The Morgan fingerprint density at radius 3 is 2.82 bits per heavy atom. The number of benzene rings is 1. The van der Waals surface area contributed by atoms with Crippen LogP contribution >= 0.6 is 15.9 Å². The molecule has 0 bridgehead atoms. The van der Waals surface area contributed by atoms with Gasteiger partial charge < -0.3 is 15.2 Å². The van der Waals surface area contributed by atoms with E-state index in [2.05, 4.69) is 20.7 Å². The zero-order chi connectivity index (χ0) is 12.7. The molecule has 0 saturated carbocycles. The van der Waals surface area contributed by atoms with Crippen molar-refractivity contribution in [2.45, 2.75) is 19.4 Å². The quantitative estimate of drug-likeness (QED) is 0.646. The van der Waals surface area contributed by atoms with Gasteiger partial charge in [-0.15, -0.1) is 0 Å². The van der Waals surface area contributed by atoms with Crippen LogP contribution in [0.15, 0.2) is 22.7 Å². The van der Waals surface area contributed by atoms with Gasteiger partial charge in [0.05, 0.1) is 18.2 Å². The van der Waals surface area contributed by atoms with Gasteiger partial charge in [-0.1, -0.05) is 6.07 Å². The summed E-state index contributed by atoms with van der Waals surface area (Å²) in [4.78, 5) is 10.9. The van der Waals surface area contributed by atoms with Gasteiger partial charge in [0, 0.05) is 13.0 Å². The lowest BCUT2D eigenvalue weighted by atomic mass is 10.2. The summed E-state index contributed by atoms with van der Waals surface area (Å²) in [5.74, 6) is 0.540. The summed E-state index contributed by atoms with van der Waals surface area (Å²) < 4.78 is 10.9. The van der Waals surface area contributed by atoms with Crippen molar-refractivity contribution >= 4 is 21.9 Å². The molecule has 0 radical (unpaired) electrons. The highest BCUT2D eigenvalue weighted by Crippen LogP contribution is 2.26. The van der Waals surface area contributed by atoms with Crippen LogP contribution in [0.4, 0.5) is 0 Å². The SMILES string of the molecule is COC(=O)CCCOc1ccc(CN)cc1Br. The van der Waals surface area contributed by atoms with Crippen molar-refractivity contribution in [1.82, 2.24) is 0 Å². The molecule has 0 aliphatic carbocycles. The largest absolute Gasteiger partial charge is 0.492 e. The van der Waals surface area contributed by atoms with Gasteiger partial charge in [-0.3, -0.25) is 4.79 Å². The Hall–Kier alpha value is -1.07. The molecule has 17 heavy (non-hydrogen) atoms. The van der Waals surface area contributed by atoms with Crippen molar-refractivity contribution in [2.75, 3.05) is 13.7 Å². The van der Waals surface area contributed by atoms with E-state index in [4.69, 9.17) is 10.5 Å². The Morgan fingerprint density at radius 1 is 1.47 bits per heavy atom. The normalized spacial score (nSPS) is 10.1. The van der Waals surface area contributed by atoms with E-state index in [1.54, 1.807) is 0 Å². The molecule has 0 heterocycles. The van der Waals surface area contributed by atoms with Gasteiger partial charge in [0.25, 0.3) is 0 Å². The first-order valence-electron chi connectivity index (χ1n) is 5.35. The minimum atomic E-state index is -0.217. The third-order valence-electron chi connectivity index (χ3n) is 2.24. The van der Waals surface area contributed by atoms with Gasteiger partial charge in [0.2, 0.25) is 0 Å². The summed E-state index contributed by atoms with van der Waals surface area (Å²) in [5.41, 5.74) is 6.57. The van der Waals surface area contributed by atoms with Gasteiger partial charge in [-0.05, 0) is 40.0 Å². The van der Waals surface area contributed by atoms with Crippen molar-refractivity contribution in [1.29, 1.82) is 0 Å². The minimum Gasteiger partial charge on any atom is -0.492 e. The summed E-state index contributed by atoms with van der Waals surface area (Å²) in [6.45, 7) is 0.983. The Kier molecular flexibility index (Phi) is 6.00. The van der Waals surface area contributed by atoms with Crippen LogP contribution in [-0.4, -0.2) is 19.7 Å². The summed E-state index contributed by atoms with van der Waals surface area (Å²) in [6, 6.07) is 5.71. The van der Waals surface area contributed by atoms with Crippen LogP contribution < -0.4 is 10.5 Å². The molecule has 4 nitrogen and oxygen atoms in total. The van der Waals surface area contributed by atoms with Crippen LogP contribution in [0.5, 0.6) is 5.75 Å². The number of esters is 1. The van der Waals surface area contributed by atoms with E-state index in [1.165, 1.54) is 7.11 Å². The molecule has 1 aromatic rings. The lowest BCUT2D eigenvalue weighted by molar-refractivity contribution is -0.140. The number of nitrogens with two attached hydrogens (primary N) is 1. The molecule has 0 fully saturated rings. The minimum absolute atomic E-state index is 0.217. The molecule has 1 aromatic carbocycles. The maximum Gasteiger partial charge on any atom is 0.305 e. The number of ether oxygens (including phenoxy) is 2. The molecule has 0 saturated heterocycles. The molecule has 2 N–H and O–H groups in total. The van der Waals surface area contributed by atoms with Crippen LogP contribution in [0.1, 0.15) is 18.4 Å². The standard InChI is InChI=1S/C12H16BrNO3/c1-16-12(15)3-2-6-17-11-5-4-9(8-14)7-10(11)13/h4-5,7H,2-3,6,8,14H2,1H3. The lowest BCUT2D eigenvalue weighted by Crippen LogP contribution is -2.05. The first-order chi connectivity index (χ1) is 8.17. The fraction of sp³-hybridized carbons (Fsp3) is 0.417. The maximum absolute atomic E-state index is 10.9. The molecular formula is C12H16BrNO3. The van der Waals surface area contributed by atoms with Gasteiger partial charge >= 0.3 is 5.97 Å². The fourth-order valence-corrected chi connectivity index (χ4v) is 1.83. The van der Waals surface area contributed by atoms with E-state index in [0.29, 0.717) is 26.0 Å². The van der Waals surface area contributed by atoms with Crippen molar-refractivity contribution in [3.63, 3.8) is 0 Å². The van der Waals surface area contributed by atoms with Crippen LogP contribution in [0.25, 0.3) is 0 Å². The van der Waals surface area contributed by atoms with Crippen LogP contribution in [-0.2, 0) is 16.1 Å². The molecule has 5 heteroatoms. The molecule has 0 aliphatic heterocycles. The van der Waals surface area contributed by atoms with E-state index in [-0.39, 0.29) is 5.97 Å². The molecule has 94 valence electrons. The molecule has 0 unspecified atom stereocenters. The second kappa shape index (κ2) is 7.29. The second-order valence-electron chi connectivity index (χ2n) is 3.50. The number of halogens is 1. The molecule has 0 atom stereocenters. The number of rotatable bonds is 6. The lowest BCUT2D eigenvalue weighted by Gasteiger charge is -2.08. The van der Waals surface area contributed by atoms with Crippen LogP contribution in [0.3, 0.4) is 0 Å². The Labute approximate surface area is 109 Å². The zero-order valence-corrected chi connectivity index (χ0v) is 11.3. The maximum atomic E-state index is 10.9. The Balaban J connectivity index is 2.39. The average Bonchev–Trinajstić information content (AvgIpc) is 2.35. The zero-order valence-electron chi connectivity index (χ0n) is 9.74. The van der Waals surface area contributed by atoms with Gasteiger partial charge in [0.15, 0.2) is 0 Å². The molecule has 0 aliphatic rings. The third kappa shape index (κ3) is 4.75. The fourth-order valence-electron chi connectivity index (χ4n) is 1.29. The summed E-state index contributed by atoms with van der Waals surface area (Å²) in [5, 5.41) is 0. The monoisotopic (exact) mass is 301 g/mol. The van der Waals surface area contributed by atoms with E-state index >= 15 is 0 Å². The summed E-state index contributed by atoms with van der Waals surface area (Å²) in [6.07, 6.45) is 1.01. The van der Waals surface area contributed by atoms with E-state index < -0.39 is 0 Å². The van der Waals surface area contributed by atoms with E-state index in [1.807, 2.05) is 18.2 Å². The highest BCUT2D eigenvalue weighted by Gasteiger charge is 2.03. The van der Waals surface area contributed by atoms with Gasteiger partial charge in [0.1, 0.15) is 5.75 Å². The molecule has 0 amide bonds. The third-order valence-corrected chi connectivity index (χ3v) is 2.86. The number of methoxy groups -OCH3 is 1. The van der Waals surface area contributed by atoms with Gasteiger partial charge in [-0.25, -0.2) is 0 Å². The van der Waals surface area contributed by atoms with Crippen molar-refractivity contribution in [3.8, 4) is 5.75 Å². The molecule has 1 rings (SSSR count). The van der Waals surface area contributed by atoms with Crippen molar-refractivity contribution < 1.29 is 14.3 Å². The van der Waals surface area contributed by atoms with Gasteiger partial charge in [-0.2, -0.15) is 0 Å². The summed E-state index contributed by atoms with van der Waals surface area (Å²) >= 11 is 3.41. The smallest absolute Gasteiger partial charge is 0.305 e.